The zero-order valence-electron chi connectivity index (χ0n) is 9.04. The maximum absolute atomic E-state index is 5.87. The molecule has 2 rings (SSSR count). The minimum atomic E-state index is 0.320. The SMILES string of the molecule is Clc1ccc(C(Br)Cc2ccc(Br)cc2)cc1. The van der Waals surface area contributed by atoms with E-state index in [2.05, 4.69) is 68.3 Å². The minimum Gasteiger partial charge on any atom is -0.0843 e. The Kier molecular flexibility index (Phi) is 4.66. The Morgan fingerprint density at radius 3 is 2.12 bits per heavy atom. The second-order valence-electron chi connectivity index (χ2n) is 3.85. The number of hydrogen-bond donors (Lipinski definition) is 0. The summed E-state index contributed by atoms with van der Waals surface area (Å²) in [5.41, 5.74) is 2.56. The van der Waals surface area contributed by atoms with E-state index >= 15 is 0 Å². The first-order valence-corrected chi connectivity index (χ1v) is 7.38. The lowest BCUT2D eigenvalue weighted by molar-refractivity contribution is 0.948. The summed E-state index contributed by atoms with van der Waals surface area (Å²) in [6.45, 7) is 0. The number of hydrogen-bond acceptors (Lipinski definition) is 0. The molecule has 88 valence electrons. The molecule has 0 nitrogen and oxygen atoms in total. The lowest BCUT2D eigenvalue weighted by Gasteiger charge is -2.10. The highest BCUT2D eigenvalue weighted by Crippen LogP contribution is 2.28. The maximum Gasteiger partial charge on any atom is 0.0435 e. The first-order chi connectivity index (χ1) is 8.15. The third-order valence-corrected chi connectivity index (χ3v) is 4.19. The van der Waals surface area contributed by atoms with Crippen molar-refractivity contribution < 1.29 is 0 Å². The molecule has 0 spiro atoms. The molecule has 0 saturated carbocycles. The van der Waals surface area contributed by atoms with Crippen molar-refractivity contribution in [2.75, 3.05) is 0 Å². The Hall–Kier alpha value is -0.310. The normalized spacial score (nSPS) is 12.4. The summed E-state index contributed by atoms with van der Waals surface area (Å²) in [4.78, 5) is 0.320. The predicted molar refractivity (Wildman–Crippen MR) is 81.0 cm³/mol. The van der Waals surface area contributed by atoms with Crippen LogP contribution in [0.4, 0.5) is 0 Å². The van der Waals surface area contributed by atoms with Crippen LogP contribution in [-0.2, 0) is 6.42 Å². The van der Waals surface area contributed by atoms with E-state index in [1.807, 2.05) is 12.1 Å². The molecule has 1 unspecified atom stereocenters. The van der Waals surface area contributed by atoms with Crippen LogP contribution in [0.25, 0.3) is 0 Å². The Bertz CT molecular complexity index is 477. The van der Waals surface area contributed by atoms with Crippen molar-refractivity contribution in [1.82, 2.24) is 0 Å². The Labute approximate surface area is 123 Å². The van der Waals surface area contributed by atoms with Crippen LogP contribution in [0.1, 0.15) is 16.0 Å². The summed E-state index contributed by atoms with van der Waals surface area (Å²) in [5, 5.41) is 0.775. The Balaban J connectivity index is 2.08. The van der Waals surface area contributed by atoms with Crippen molar-refractivity contribution in [2.45, 2.75) is 11.2 Å². The van der Waals surface area contributed by atoms with Gasteiger partial charge in [0, 0.05) is 14.3 Å². The van der Waals surface area contributed by atoms with Gasteiger partial charge in [0.15, 0.2) is 0 Å². The lowest BCUT2D eigenvalue weighted by atomic mass is 10.0. The molecule has 1 atom stereocenters. The van der Waals surface area contributed by atoms with Gasteiger partial charge in [0.1, 0.15) is 0 Å². The second kappa shape index (κ2) is 6.03. The van der Waals surface area contributed by atoms with Crippen LogP contribution in [0.15, 0.2) is 53.0 Å². The molecule has 0 fully saturated rings. The fourth-order valence-corrected chi connectivity index (χ4v) is 2.69. The van der Waals surface area contributed by atoms with Gasteiger partial charge in [-0.3, -0.25) is 0 Å². The van der Waals surface area contributed by atoms with Gasteiger partial charge >= 0.3 is 0 Å². The third-order valence-electron chi connectivity index (χ3n) is 2.56. The molecular formula is C14H11Br2Cl. The van der Waals surface area contributed by atoms with Crippen molar-refractivity contribution in [3.8, 4) is 0 Å². The van der Waals surface area contributed by atoms with Gasteiger partial charge in [-0.25, -0.2) is 0 Å². The molecule has 0 bridgehead atoms. The summed E-state index contributed by atoms with van der Waals surface area (Å²) < 4.78 is 1.11. The van der Waals surface area contributed by atoms with Crippen LogP contribution in [0.3, 0.4) is 0 Å². The average Bonchev–Trinajstić information content (AvgIpc) is 2.33. The average molecular weight is 375 g/mol. The molecule has 17 heavy (non-hydrogen) atoms. The molecule has 0 aliphatic carbocycles. The van der Waals surface area contributed by atoms with Gasteiger partial charge in [-0.1, -0.05) is 67.7 Å². The van der Waals surface area contributed by atoms with E-state index < -0.39 is 0 Å². The largest absolute Gasteiger partial charge is 0.0843 e. The van der Waals surface area contributed by atoms with Crippen LogP contribution in [0.5, 0.6) is 0 Å². The molecule has 0 heterocycles. The van der Waals surface area contributed by atoms with E-state index in [0.29, 0.717) is 4.83 Å². The van der Waals surface area contributed by atoms with Crippen molar-refractivity contribution in [1.29, 1.82) is 0 Å². The monoisotopic (exact) mass is 372 g/mol. The minimum absolute atomic E-state index is 0.320. The lowest BCUT2D eigenvalue weighted by Crippen LogP contribution is -1.94. The van der Waals surface area contributed by atoms with Gasteiger partial charge in [0.25, 0.3) is 0 Å². The first kappa shape index (κ1) is 13.1. The quantitative estimate of drug-likeness (QED) is 0.597. The number of alkyl halides is 1. The molecule has 2 aromatic carbocycles. The summed E-state index contributed by atoms with van der Waals surface area (Å²) in [6, 6.07) is 16.4. The van der Waals surface area contributed by atoms with Crippen LogP contribution in [-0.4, -0.2) is 0 Å². The Morgan fingerprint density at radius 1 is 0.941 bits per heavy atom. The van der Waals surface area contributed by atoms with Gasteiger partial charge in [0.2, 0.25) is 0 Å². The van der Waals surface area contributed by atoms with E-state index in [0.717, 1.165) is 15.9 Å². The van der Waals surface area contributed by atoms with Crippen molar-refractivity contribution >= 4 is 43.5 Å². The zero-order chi connectivity index (χ0) is 12.3. The second-order valence-corrected chi connectivity index (χ2v) is 6.31. The summed E-state index contributed by atoms with van der Waals surface area (Å²) in [7, 11) is 0. The Morgan fingerprint density at radius 2 is 1.53 bits per heavy atom. The highest BCUT2D eigenvalue weighted by atomic mass is 79.9. The smallest absolute Gasteiger partial charge is 0.0435 e. The van der Waals surface area contributed by atoms with Crippen molar-refractivity contribution in [2.24, 2.45) is 0 Å². The molecule has 0 aromatic heterocycles. The number of benzene rings is 2. The van der Waals surface area contributed by atoms with Crippen molar-refractivity contribution in [3.05, 3.63) is 69.2 Å². The van der Waals surface area contributed by atoms with Gasteiger partial charge < -0.3 is 0 Å². The number of halogens is 3. The third kappa shape index (κ3) is 3.84. The van der Waals surface area contributed by atoms with Gasteiger partial charge in [0.05, 0.1) is 0 Å². The highest BCUT2D eigenvalue weighted by Gasteiger charge is 2.08. The molecule has 0 amide bonds. The fourth-order valence-electron chi connectivity index (χ4n) is 1.62. The van der Waals surface area contributed by atoms with E-state index in [1.165, 1.54) is 11.1 Å². The molecule has 0 aliphatic rings. The van der Waals surface area contributed by atoms with E-state index in [4.69, 9.17) is 11.6 Å². The molecule has 0 saturated heterocycles. The van der Waals surface area contributed by atoms with Crippen LogP contribution in [0.2, 0.25) is 5.02 Å². The molecular weight excluding hydrogens is 363 g/mol. The van der Waals surface area contributed by atoms with Crippen molar-refractivity contribution in [3.63, 3.8) is 0 Å². The standard InChI is InChI=1S/C14H11Br2Cl/c15-12-5-1-10(2-6-12)9-14(16)11-3-7-13(17)8-4-11/h1-8,14H,9H2. The topological polar surface area (TPSA) is 0 Å². The highest BCUT2D eigenvalue weighted by molar-refractivity contribution is 9.10. The fraction of sp³-hybridized carbons (Fsp3) is 0.143. The molecule has 0 radical (unpaired) electrons. The zero-order valence-corrected chi connectivity index (χ0v) is 13.0. The molecule has 2 aromatic rings. The van der Waals surface area contributed by atoms with Gasteiger partial charge in [-0.2, -0.15) is 0 Å². The van der Waals surface area contributed by atoms with Crippen LogP contribution < -0.4 is 0 Å². The first-order valence-electron chi connectivity index (χ1n) is 5.29. The van der Waals surface area contributed by atoms with E-state index in [1.54, 1.807) is 0 Å². The predicted octanol–water partition coefficient (Wildman–Crippen LogP) is 5.78. The number of rotatable bonds is 3. The molecule has 0 N–H and O–H groups in total. The molecule has 0 aliphatic heterocycles. The summed E-state index contributed by atoms with van der Waals surface area (Å²) >= 11 is 13.0. The molecule has 3 heteroatoms. The maximum atomic E-state index is 5.87. The van der Waals surface area contributed by atoms with E-state index in [9.17, 15) is 0 Å². The summed E-state index contributed by atoms with van der Waals surface area (Å²) in [6.07, 6.45) is 0.967. The van der Waals surface area contributed by atoms with E-state index in [-0.39, 0.29) is 0 Å². The summed E-state index contributed by atoms with van der Waals surface area (Å²) in [5.74, 6) is 0. The van der Waals surface area contributed by atoms with Crippen LogP contribution >= 0.6 is 43.5 Å². The van der Waals surface area contributed by atoms with Crippen LogP contribution in [0, 0.1) is 0 Å². The van der Waals surface area contributed by atoms with Gasteiger partial charge in [-0.05, 0) is 41.8 Å². The van der Waals surface area contributed by atoms with Gasteiger partial charge in [-0.15, -0.1) is 0 Å².